The summed E-state index contributed by atoms with van der Waals surface area (Å²) in [5.41, 5.74) is 1.35. The summed E-state index contributed by atoms with van der Waals surface area (Å²) in [4.78, 5) is 0. The number of rotatable bonds is 6. The molecule has 1 saturated heterocycles. The van der Waals surface area contributed by atoms with Crippen molar-refractivity contribution in [2.75, 3.05) is 4.43 Å². The maximum atomic E-state index is 6.11. The van der Waals surface area contributed by atoms with Gasteiger partial charge in [0.2, 0.25) is 0 Å². The number of nitrogens with one attached hydrogen (secondary N) is 1. The van der Waals surface area contributed by atoms with Crippen LogP contribution in [0.1, 0.15) is 32.3 Å². The van der Waals surface area contributed by atoms with E-state index in [9.17, 15) is 0 Å². The molecule has 0 bridgehead atoms. The minimum absolute atomic E-state index is 0.319. The summed E-state index contributed by atoms with van der Waals surface area (Å²) < 4.78 is 7.20. The molecule has 0 aliphatic carbocycles. The maximum Gasteiger partial charge on any atom is 0.0712 e. The quantitative estimate of drug-likeness (QED) is 0.605. The average Bonchev–Trinajstić information content (AvgIpc) is 2.74. The molecule has 3 heteroatoms. The summed E-state index contributed by atoms with van der Waals surface area (Å²) in [5.74, 6) is 0.653. The first-order valence-corrected chi connectivity index (χ1v) is 8.77. The van der Waals surface area contributed by atoms with Crippen molar-refractivity contribution in [3.05, 3.63) is 35.9 Å². The third kappa shape index (κ3) is 3.92. The highest BCUT2D eigenvalue weighted by molar-refractivity contribution is 14.1. The van der Waals surface area contributed by atoms with Gasteiger partial charge in [0.1, 0.15) is 0 Å². The topological polar surface area (TPSA) is 21.3 Å². The summed E-state index contributed by atoms with van der Waals surface area (Å²) in [6.07, 6.45) is 3.23. The Balaban J connectivity index is 1.96. The van der Waals surface area contributed by atoms with E-state index in [-0.39, 0.29) is 0 Å². The number of halogens is 1. The normalized spacial score (nSPS) is 30.7. The van der Waals surface area contributed by atoms with E-state index in [1.165, 1.54) is 18.4 Å². The molecule has 0 spiro atoms. The van der Waals surface area contributed by atoms with Crippen molar-refractivity contribution in [2.45, 2.75) is 51.5 Å². The number of benzene rings is 1. The van der Waals surface area contributed by atoms with Crippen LogP contribution in [0.15, 0.2) is 30.3 Å². The molecule has 1 aliphatic rings. The van der Waals surface area contributed by atoms with E-state index in [0.29, 0.717) is 24.2 Å². The van der Waals surface area contributed by atoms with Crippen LogP contribution < -0.4 is 5.32 Å². The lowest BCUT2D eigenvalue weighted by molar-refractivity contribution is 0.0562. The lowest BCUT2D eigenvalue weighted by Crippen LogP contribution is -2.40. The molecule has 2 nitrogen and oxygen atoms in total. The minimum Gasteiger partial charge on any atom is -0.372 e. The molecule has 0 saturated carbocycles. The van der Waals surface area contributed by atoms with Crippen molar-refractivity contribution in [3.63, 3.8) is 0 Å². The highest BCUT2D eigenvalue weighted by atomic mass is 127. The van der Waals surface area contributed by atoms with Crippen LogP contribution in [0.5, 0.6) is 0 Å². The number of hydrogen-bond donors (Lipinski definition) is 1. The molecule has 4 atom stereocenters. The Labute approximate surface area is 130 Å². The first kappa shape index (κ1) is 15.3. The van der Waals surface area contributed by atoms with Crippen molar-refractivity contribution in [2.24, 2.45) is 5.92 Å². The van der Waals surface area contributed by atoms with Gasteiger partial charge < -0.3 is 10.1 Å². The predicted octanol–water partition coefficient (Wildman–Crippen LogP) is 3.78. The molecular weight excluding hydrogens is 349 g/mol. The third-order valence-electron chi connectivity index (χ3n) is 3.99. The van der Waals surface area contributed by atoms with E-state index in [0.717, 1.165) is 11.0 Å². The molecule has 1 aromatic carbocycles. The van der Waals surface area contributed by atoms with Gasteiger partial charge in [0.25, 0.3) is 0 Å². The van der Waals surface area contributed by atoms with Gasteiger partial charge in [-0.25, -0.2) is 0 Å². The van der Waals surface area contributed by atoms with Crippen molar-refractivity contribution < 1.29 is 4.74 Å². The third-order valence-corrected chi connectivity index (χ3v) is 4.86. The molecule has 19 heavy (non-hydrogen) atoms. The van der Waals surface area contributed by atoms with Crippen LogP contribution in [-0.2, 0) is 11.3 Å². The monoisotopic (exact) mass is 373 g/mol. The Morgan fingerprint density at radius 3 is 2.63 bits per heavy atom. The summed E-state index contributed by atoms with van der Waals surface area (Å²) >= 11 is 2.45. The lowest BCUT2D eigenvalue weighted by Gasteiger charge is -2.23. The van der Waals surface area contributed by atoms with E-state index in [1.54, 1.807) is 0 Å². The van der Waals surface area contributed by atoms with Crippen molar-refractivity contribution in [3.8, 4) is 0 Å². The van der Waals surface area contributed by atoms with E-state index in [1.807, 2.05) is 0 Å². The van der Waals surface area contributed by atoms with Crippen molar-refractivity contribution in [1.82, 2.24) is 5.32 Å². The number of hydrogen-bond acceptors (Lipinski definition) is 2. The zero-order chi connectivity index (χ0) is 13.7. The van der Waals surface area contributed by atoms with Crippen LogP contribution in [-0.4, -0.2) is 22.7 Å². The summed E-state index contributed by atoms with van der Waals surface area (Å²) in [6.45, 7) is 5.41. The fourth-order valence-corrected chi connectivity index (χ4v) is 3.90. The maximum absolute atomic E-state index is 6.11. The second-order valence-corrected chi connectivity index (χ2v) is 6.26. The second kappa shape index (κ2) is 7.60. The smallest absolute Gasteiger partial charge is 0.0712 e. The molecule has 1 fully saturated rings. The zero-order valence-corrected chi connectivity index (χ0v) is 14.0. The second-order valence-electron chi connectivity index (χ2n) is 5.38. The van der Waals surface area contributed by atoms with Crippen LogP contribution in [0.25, 0.3) is 0 Å². The summed E-state index contributed by atoms with van der Waals surface area (Å²) in [5, 5.41) is 3.72. The van der Waals surface area contributed by atoms with Gasteiger partial charge in [-0.1, -0.05) is 66.3 Å². The molecule has 0 unspecified atom stereocenters. The van der Waals surface area contributed by atoms with Crippen LogP contribution >= 0.6 is 22.6 Å². The molecular formula is C16H24INO. The van der Waals surface area contributed by atoms with Gasteiger partial charge in [0, 0.05) is 22.9 Å². The summed E-state index contributed by atoms with van der Waals surface area (Å²) in [7, 11) is 0. The molecule has 0 aromatic heterocycles. The van der Waals surface area contributed by atoms with Crippen LogP contribution in [0.3, 0.4) is 0 Å². The Hall–Kier alpha value is -0.130. The van der Waals surface area contributed by atoms with Crippen LogP contribution in [0, 0.1) is 5.92 Å². The Morgan fingerprint density at radius 2 is 2.00 bits per heavy atom. The van der Waals surface area contributed by atoms with E-state index in [4.69, 9.17) is 4.74 Å². The van der Waals surface area contributed by atoms with Crippen LogP contribution in [0.2, 0.25) is 0 Å². The predicted molar refractivity (Wildman–Crippen MR) is 88.7 cm³/mol. The minimum atomic E-state index is 0.319. The summed E-state index contributed by atoms with van der Waals surface area (Å²) in [6, 6.07) is 11.1. The molecule has 0 radical (unpaired) electrons. The van der Waals surface area contributed by atoms with Crippen LogP contribution in [0.4, 0.5) is 0 Å². The first-order valence-electron chi connectivity index (χ1n) is 7.25. The van der Waals surface area contributed by atoms with Gasteiger partial charge in [-0.2, -0.15) is 0 Å². The largest absolute Gasteiger partial charge is 0.372 e. The molecule has 1 aromatic rings. The fraction of sp³-hybridized carbons (Fsp3) is 0.625. The van der Waals surface area contributed by atoms with Gasteiger partial charge >= 0.3 is 0 Å². The van der Waals surface area contributed by atoms with E-state index in [2.05, 4.69) is 72.1 Å². The Bertz CT molecular complexity index is 370. The fourth-order valence-electron chi connectivity index (χ4n) is 3.04. The lowest BCUT2D eigenvalue weighted by atomic mass is 9.90. The number of ether oxygens (including phenoxy) is 1. The molecule has 0 amide bonds. The highest BCUT2D eigenvalue weighted by Gasteiger charge is 2.40. The van der Waals surface area contributed by atoms with E-state index >= 15 is 0 Å². The molecule has 1 heterocycles. The van der Waals surface area contributed by atoms with Crippen molar-refractivity contribution in [1.29, 1.82) is 0 Å². The molecule has 2 rings (SSSR count). The molecule has 106 valence electrons. The Morgan fingerprint density at radius 1 is 1.26 bits per heavy atom. The van der Waals surface area contributed by atoms with E-state index < -0.39 is 0 Å². The SMILES string of the molecule is CCC[C@@H]1[C@H](NCc2ccccc2)[C@@H](C)O[C@H]1CI. The van der Waals surface area contributed by atoms with Gasteiger partial charge in [-0.3, -0.25) is 0 Å². The number of alkyl halides is 1. The highest BCUT2D eigenvalue weighted by Crippen LogP contribution is 2.32. The van der Waals surface area contributed by atoms with Gasteiger partial charge in [-0.05, 0) is 18.9 Å². The van der Waals surface area contributed by atoms with Gasteiger partial charge in [0.05, 0.1) is 12.2 Å². The molecule has 1 aliphatic heterocycles. The van der Waals surface area contributed by atoms with Gasteiger partial charge in [-0.15, -0.1) is 0 Å². The van der Waals surface area contributed by atoms with Gasteiger partial charge in [0.15, 0.2) is 0 Å². The first-order chi connectivity index (χ1) is 9.26. The zero-order valence-electron chi connectivity index (χ0n) is 11.8. The average molecular weight is 373 g/mol. The Kier molecular flexibility index (Phi) is 6.10. The van der Waals surface area contributed by atoms with Crippen molar-refractivity contribution >= 4 is 22.6 Å². The molecule has 1 N–H and O–H groups in total. The standard InChI is InChI=1S/C16H24INO/c1-3-7-14-15(10-17)19-12(2)16(14)18-11-13-8-5-4-6-9-13/h4-6,8-9,12,14-16,18H,3,7,10-11H2,1-2H3/t12-,14+,15+,16-/m1/s1.